The van der Waals surface area contributed by atoms with Crippen LogP contribution in [0, 0.1) is 0 Å². The lowest BCUT2D eigenvalue weighted by Crippen LogP contribution is -2.41. The molecule has 4 aromatic rings. The topological polar surface area (TPSA) is 56.8 Å². The van der Waals surface area contributed by atoms with E-state index >= 15 is 0 Å². The van der Waals surface area contributed by atoms with Crippen molar-refractivity contribution < 1.29 is 9.59 Å². The first-order valence-corrected chi connectivity index (χ1v) is 14.3. The minimum atomic E-state index is -0.0436. The van der Waals surface area contributed by atoms with Gasteiger partial charge in [0.05, 0.1) is 11.1 Å². The summed E-state index contributed by atoms with van der Waals surface area (Å²) < 4.78 is 0. The van der Waals surface area contributed by atoms with E-state index in [1.807, 2.05) is 82.6 Å². The zero-order chi connectivity index (χ0) is 27.9. The number of hydrogen-bond acceptors (Lipinski definition) is 4. The molecule has 1 aromatic heterocycles. The van der Waals surface area contributed by atoms with E-state index in [9.17, 15) is 9.59 Å². The molecule has 6 nitrogen and oxygen atoms in total. The predicted octanol–water partition coefficient (Wildman–Crippen LogP) is 5.96. The number of fused-ring (bicyclic) bond motifs is 2. The Hall–Kier alpha value is -4.03. The molecule has 0 aliphatic carbocycles. The van der Waals surface area contributed by atoms with Crippen LogP contribution in [-0.4, -0.2) is 58.8 Å². The van der Waals surface area contributed by atoms with E-state index in [2.05, 4.69) is 35.9 Å². The van der Waals surface area contributed by atoms with Crippen molar-refractivity contribution >= 4 is 28.4 Å². The number of amides is 2. The summed E-state index contributed by atoms with van der Waals surface area (Å²) in [7, 11) is 0. The average Bonchev–Trinajstić information content (AvgIpc) is 3.02. The first kappa shape index (κ1) is 27.5. The van der Waals surface area contributed by atoms with Crippen LogP contribution in [0.2, 0.25) is 0 Å². The average molecular weight is 535 g/mol. The van der Waals surface area contributed by atoms with Gasteiger partial charge in [0, 0.05) is 62.5 Å². The molecule has 5 rings (SSSR count). The summed E-state index contributed by atoms with van der Waals surface area (Å²) in [6, 6.07) is 28.3. The second-order valence-corrected chi connectivity index (χ2v) is 10.8. The molecule has 0 radical (unpaired) electrons. The summed E-state index contributed by atoms with van der Waals surface area (Å²) in [6.07, 6.45) is 3.70. The van der Waals surface area contributed by atoms with Gasteiger partial charge in [-0.05, 0) is 56.0 Å². The normalized spacial score (nSPS) is 15.1. The molecule has 0 saturated carbocycles. The highest BCUT2D eigenvalue weighted by Gasteiger charge is 2.25. The van der Waals surface area contributed by atoms with Crippen molar-refractivity contribution in [3.05, 3.63) is 108 Å². The Morgan fingerprint density at radius 3 is 2.42 bits per heavy atom. The molecule has 0 unspecified atom stereocenters. The third kappa shape index (κ3) is 6.57. The van der Waals surface area contributed by atoms with Crippen LogP contribution in [0.1, 0.15) is 48.2 Å². The van der Waals surface area contributed by atoms with Crippen LogP contribution < -0.4 is 4.90 Å². The van der Waals surface area contributed by atoms with E-state index in [1.54, 1.807) is 6.20 Å². The molecule has 206 valence electrons. The molecule has 0 N–H and O–H groups in total. The van der Waals surface area contributed by atoms with Gasteiger partial charge in [-0.2, -0.15) is 0 Å². The van der Waals surface area contributed by atoms with E-state index in [1.165, 1.54) is 0 Å². The molecule has 0 saturated heterocycles. The van der Waals surface area contributed by atoms with Gasteiger partial charge in [0.1, 0.15) is 0 Å². The van der Waals surface area contributed by atoms with E-state index < -0.39 is 0 Å². The minimum Gasteiger partial charge on any atom is -0.333 e. The van der Waals surface area contributed by atoms with Crippen LogP contribution >= 0.6 is 0 Å². The van der Waals surface area contributed by atoms with Crippen LogP contribution in [0.5, 0.6) is 0 Å². The third-order valence-corrected chi connectivity index (χ3v) is 7.75. The van der Waals surface area contributed by atoms with Crippen molar-refractivity contribution in [3.63, 3.8) is 0 Å². The van der Waals surface area contributed by atoms with Gasteiger partial charge < -0.3 is 9.80 Å². The standard InChI is InChI=1S/C34H38N4O2/c1-26(2)36-19-10-20-38(33(39)18-17-27-11-4-3-5-12-27)32-16-9-7-14-29(32)25-37(22-21-36)34(40)30-23-28-13-6-8-15-31(28)35-24-30/h3-9,11-16,23-24,26H,10,17-22,25H2,1-2H3. The van der Waals surface area contributed by atoms with Crippen molar-refractivity contribution in [3.8, 4) is 0 Å². The first-order chi connectivity index (χ1) is 19.5. The monoisotopic (exact) mass is 534 g/mol. The quantitative estimate of drug-likeness (QED) is 0.317. The van der Waals surface area contributed by atoms with Crippen LogP contribution in [0.25, 0.3) is 10.9 Å². The molecule has 0 spiro atoms. The highest BCUT2D eigenvalue weighted by molar-refractivity contribution is 5.98. The van der Waals surface area contributed by atoms with Crippen molar-refractivity contribution in [1.82, 2.24) is 14.8 Å². The summed E-state index contributed by atoms with van der Waals surface area (Å²) in [4.78, 5) is 38.4. The van der Waals surface area contributed by atoms with Crippen molar-refractivity contribution in [1.29, 1.82) is 0 Å². The smallest absolute Gasteiger partial charge is 0.255 e. The van der Waals surface area contributed by atoms with Crippen LogP contribution in [-0.2, 0) is 17.8 Å². The van der Waals surface area contributed by atoms with Gasteiger partial charge in [-0.15, -0.1) is 0 Å². The van der Waals surface area contributed by atoms with Gasteiger partial charge in [-0.3, -0.25) is 19.5 Å². The summed E-state index contributed by atoms with van der Waals surface area (Å²) in [5, 5.41) is 0.950. The maximum atomic E-state index is 13.9. The number of benzene rings is 3. The molecule has 0 fully saturated rings. The van der Waals surface area contributed by atoms with Crippen molar-refractivity contribution in [2.75, 3.05) is 31.1 Å². The Morgan fingerprint density at radius 2 is 1.60 bits per heavy atom. The van der Waals surface area contributed by atoms with E-state index in [4.69, 9.17) is 0 Å². The molecule has 3 aromatic carbocycles. The summed E-state index contributed by atoms with van der Waals surface area (Å²) >= 11 is 0. The van der Waals surface area contributed by atoms with Gasteiger partial charge in [0.15, 0.2) is 0 Å². The van der Waals surface area contributed by atoms with Crippen LogP contribution in [0.4, 0.5) is 5.69 Å². The molecule has 2 heterocycles. The largest absolute Gasteiger partial charge is 0.333 e. The fraction of sp³-hybridized carbons (Fsp3) is 0.324. The molecule has 0 atom stereocenters. The number of carbonyl (C=O) groups is 2. The minimum absolute atomic E-state index is 0.0436. The highest BCUT2D eigenvalue weighted by Crippen LogP contribution is 2.26. The van der Waals surface area contributed by atoms with Gasteiger partial charge >= 0.3 is 0 Å². The fourth-order valence-corrected chi connectivity index (χ4v) is 5.46. The lowest BCUT2D eigenvalue weighted by molar-refractivity contribution is -0.118. The molecule has 1 aliphatic heterocycles. The number of hydrogen-bond donors (Lipinski definition) is 0. The second-order valence-electron chi connectivity index (χ2n) is 10.8. The highest BCUT2D eigenvalue weighted by atomic mass is 16.2. The predicted molar refractivity (Wildman–Crippen MR) is 161 cm³/mol. The number of rotatable bonds is 5. The summed E-state index contributed by atoms with van der Waals surface area (Å²) in [5.74, 6) is 0.0706. The van der Waals surface area contributed by atoms with E-state index in [0.29, 0.717) is 44.1 Å². The Labute approximate surface area is 237 Å². The van der Waals surface area contributed by atoms with Crippen LogP contribution in [0.3, 0.4) is 0 Å². The number of para-hydroxylation sites is 2. The number of anilines is 1. The van der Waals surface area contributed by atoms with Crippen molar-refractivity contribution in [2.45, 2.75) is 45.7 Å². The molecule has 1 aliphatic rings. The molecular weight excluding hydrogens is 496 g/mol. The Morgan fingerprint density at radius 1 is 0.850 bits per heavy atom. The molecule has 6 heteroatoms. The van der Waals surface area contributed by atoms with E-state index in [0.717, 1.165) is 47.2 Å². The number of aryl methyl sites for hydroxylation is 1. The molecule has 40 heavy (non-hydrogen) atoms. The van der Waals surface area contributed by atoms with E-state index in [-0.39, 0.29) is 11.8 Å². The Balaban J connectivity index is 1.45. The number of aromatic nitrogens is 1. The van der Waals surface area contributed by atoms with Gasteiger partial charge in [0.25, 0.3) is 5.91 Å². The maximum absolute atomic E-state index is 13.9. The second kappa shape index (κ2) is 12.9. The van der Waals surface area contributed by atoms with Gasteiger partial charge in [-0.25, -0.2) is 0 Å². The number of pyridine rings is 1. The summed E-state index contributed by atoms with van der Waals surface area (Å²) in [5.41, 5.74) is 4.49. The molecule has 2 amide bonds. The summed E-state index contributed by atoms with van der Waals surface area (Å²) in [6.45, 7) is 7.69. The number of carbonyl (C=O) groups excluding carboxylic acids is 2. The van der Waals surface area contributed by atoms with Crippen LogP contribution in [0.15, 0.2) is 91.1 Å². The zero-order valence-corrected chi connectivity index (χ0v) is 23.5. The zero-order valence-electron chi connectivity index (χ0n) is 23.5. The maximum Gasteiger partial charge on any atom is 0.255 e. The van der Waals surface area contributed by atoms with Gasteiger partial charge in [0.2, 0.25) is 5.91 Å². The van der Waals surface area contributed by atoms with Gasteiger partial charge in [-0.1, -0.05) is 66.7 Å². The lowest BCUT2D eigenvalue weighted by atomic mass is 10.1. The Bertz CT molecular complexity index is 1450. The Kier molecular flexibility index (Phi) is 8.87. The SMILES string of the molecule is CC(C)N1CCCN(C(=O)CCc2ccccc2)c2ccccc2CN(C(=O)c2cnc3ccccc3c2)CC1. The number of nitrogens with zero attached hydrogens (tertiary/aromatic N) is 4. The third-order valence-electron chi connectivity index (χ3n) is 7.75. The fourth-order valence-electron chi connectivity index (χ4n) is 5.46. The molecular formula is C34H38N4O2. The molecule has 0 bridgehead atoms. The first-order valence-electron chi connectivity index (χ1n) is 14.3. The lowest BCUT2D eigenvalue weighted by Gasteiger charge is -2.30. The van der Waals surface area contributed by atoms with Crippen molar-refractivity contribution in [2.24, 2.45) is 0 Å².